The fourth-order valence-corrected chi connectivity index (χ4v) is 10.7. The van der Waals surface area contributed by atoms with E-state index in [0.717, 1.165) is 40.3 Å². The van der Waals surface area contributed by atoms with E-state index < -0.39 is 7.92 Å². The highest BCUT2D eigenvalue weighted by Gasteiger charge is 2.27. The number of rotatable bonds is 3. The highest BCUT2D eigenvalue weighted by molar-refractivity contribution is 9.15. The van der Waals surface area contributed by atoms with Gasteiger partial charge in [-0.2, -0.15) is 0 Å². The predicted molar refractivity (Wildman–Crippen MR) is 154 cm³/mol. The van der Waals surface area contributed by atoms with Crippen LogP contribution in [0.25, 0.3) is 0 Å². The molecule has 0 heterocycles. The molecular weight excluding hydrogens is 966 g/mol. The minimum atomic E-state index is -0.887. The van der Waals surface area contributed by atoms with Crippen molar-refractivity contribution in [3.63, 3.8) is 0 Å². The molecule has 0 aliphatic rings. The summed E-state index contributed by atoms with van der Waals surface area (Å²) in [7, 11) is -0.887. The van der Waals surface area contributed by atoms with Gasteiger partial charge in [0.1, 0.15) is 0 Å². The molecule has 0 radical (unpaired) electrons. The molecule has 28 heavy (non-hydrogen) atoms. The Hall–Kier alpha value is 2.41. The highest BCUT2D eigenvalue weighted by Crippen LogP contribution is 2.46. The van der Waals surface area contributed by atoms with E-state index in [0.29, 0.717) is 0 Å². The zero-order valence-electron chi connectivity index (χ0n) is 13.3. The molecule has 3 aromatic rings. The van der Waals surface area contributed by atoms with Crippen LogP contribution in [0, 0.1) is 0 Å². The van der Waals surface area contributed by atoms with Crippen LogP contribution < -0.4 is 15.9 Å². The summed E-state index contributed by atoms with van der Waals surface area (Å²) in [6.07, 6.45) is 0. The van der Waals surface area contributed by atoms with Crippen molar-refractivity contribution in [3.05, 3.63) is 76.7 Å². The summed E-state index contributed by atoms with van der Waals surface area (Å²) in [5.41, 5.74) is 0. The molecule has 3 rings (SSSR count). The minimum Gasteiger partial charge on any atom is -0.0515 e. The van der Waals surface area contributed by atoms with Crippen molar-refractivity contribution in [2.24, 2.45) is 0 Å². The molecule has 0 nitrogen and oxygen atoms in total. The molecule has 0 spiro atoms. The maximum absolute atomic E-state index is 3.81. The summed E-state index contributed by atoms with van der Waals surface area (Å²) in [4.78, 5) is 0. The van der Waals surface area contributed by atoms with Crippen LogP contribution in [0.15, 0.2) is 76.7 Å². The summed E-state index contributed by atoms with van der Waals surface area (Å²) in [6, 6.07) is 12.7. The normalized spacial score (nSPS) is 11.4. The van der Waals surface area contributed by atoms with E-state index in [1.807, 2.05) is 0 Å². The van der Waals surface area contributed by atoms with E-state index in [1.54, 1.807) is 0 Å². The molecule has 0 atom stereocenters. The second-order valence-corrected chi connectivity index (χ2v) is 14.9. The first-order chi connectivity index (χ1) is 13.1. The van der Waals surface area contributed by atoms with Gasteiger partial charge in [0.25, 0.3) is 0 Å². The third-order valence-electron chi connectivity index (χ3n) is 3.77. The zero-order valence-corrected chi connectivity index (χ0v) is 28.5. The molecule has 0 amide bonds. The average molecular weight is 972 g/mol. The standard InChI is InChI=1S/C18H6Br9P/c19-7-1-4-10(16(25)13(7)22)28(11-5-2-8(20)14(23)17(11)26)12-6-3-9(21)15(24)18(12)27/h1-6H. The van der Waals surface area contributed by atoms with E-state index in [1.165, 1.54) is 15.9 Å². The lowest BCUT2D eigenvalue weighted by atomic mass is 10.3. The van der Waals surface area contributed by atoms with Crippen molar-refractivity contribution >= 4 is 167 Å². The second-order valence-electron chi connectivity index (χ2n) is 5.42. The highest BCUT2D eigenvalue weighted by atomic mass is 79.9. The fourth-order valence-electron chi connectivity index (χ4n) is 2.45. The molecule has 146 valence electrons. The van der Waals surface area contributed by atoms with Crippen LogP contribution >= 0.6 is 151 Å². The van der Waals surface area contributed by atoms with Crippen LogP contribution in [0.4, 0.5) is 0 Å². The molecule has 0 aromatic heterocycles. The first-order valence-corrected chi connectivity index (χ1v) is 15.8. The SMILES string of the molecule is Brc1ccc(P(c2ccc(Br)c(Br)c2Br)c2ccc(Br)c(Br)c2Br)c(Br)c1Br. The van der Waals surface area contributed by atoms with Crippen molar-refractivity contribution < 1.29 is 0 Å². The number of halogens is 9. The lowest BCUT2D eigenvalue weighted by Crippen LogP contribution is -2.24. The lowest BCUT2D eigenvalue weighted by Gasteiger charge is -2.25. The summed E-state index contributed by atoms with van der Waals surface area (Å²) in [5, 5.41) is 3.61. The third kappa shape index (κ3) is 4.99. The first-order valence-electron chi connectivity index (χ1n) is 7.35. The van der Waals surface area contributed by atoms with Gasteiger partial charge in [0.05, 0.1) is 0 Å². The van der Waals surface area contributed by atoms with Gasteiger partial charge in [0.2, 0.25) is 0 Å². The Balaban J connectivity index is 2.38. The maximum Gasteiger partial charge on any atom is 0.0466 e. The van der Waals surface area contributed by atoms with E-state index in [9.17, 15) is 0 Å². The van der Waals surface area contributed by atoms with Crippen molar-refractivity contribution in [2.45, 2.75) is 0 Å². The fraction of sp³-hybridized carbons (Fsp3) is 0. The van der Waals surface area contributed by atoms with Crippen LogP contribution in [-0.2, 0) is 0 Å². The molecule has 10 heteroatoms. The van der Waals surface area contributed by atoms with Crippen LogP contribution in [0.1, 0.15) is 0 Å². The Morgan fingerprint density at radius 1 is 0.357 bits per heavy atom. The van der Waals surface area contributed by atoms with Gasteiger partial charge in [-0.25, -0.2) is 0 Å². The molecule has 0 saturated carbocycles. The molecule has 0 unspecified atom stereocenters. The van der Waals surface area contributed by atoms with E-state index >= 15 is 0 Å². The molecule has 3 aromatic carbocycles. The molecule has 0 N–H and O–H groups in total. The van der Waals surface area contributed by atoms with E-state index in [2.05, 4.69) is 180 Å². The van der Waals surface area contributed by atoms with Crippen LogP contribution in [0.5, 0.6) is 0 Å². The van der Waals surface area contributed by atoms with Crippen molar-refractivity contribution in [2.75, 3.05) is 0 Å². The Morgan fingerprint density at radius 3 is 0.857 bits per heavy atom. The molecular formula is C18H6Br9P. The Bertz CT molecular complexity index is 945. The van der Waals surface area contributed by atoms with Gasteiger partial charge >= 0.3 is 0 Å². The van der Waals surface area contributed by atoms with E-state index in [-0.39, 0.29) is 0 Å². The van der Waals surface area contributed by atoms with Crippen molar-refractivity contribution in [1.29, 1.82) is 0 Å². The van der Waals surface area contributed by atoms with Gasteiger partial charge in [-0.3, -0.25) is 0 Å². The number of hydrogen-bond acceptors (Lipinski definition) is 0. The van der Waals surface area contributed by atoms with Gasteiger partial charge in [-0.15, -0.1) is 0 Å². The summed E-state index contributed by atoms with van der Waals surface area (Å²) in [6.45, 7) is 0. The Kier molecular flexibility index (Phi) is 9.44. The van der Waals surface area contributed by atoms with Gasteiger partial charge in [0.15, 0.2) is 0 Å². The van der Waals surface area contributed by atoms with Crippen LogP contribution in [-0.4, -0.2) is 0 Å². The van der Waals surface area contributed by atoms with E-state index in [4.69, 9.17) is 0 Å². The maximum atomic E-state index is 3.81. The molecule has 0 aliphatic heterocycles. The monoisotopic (exact) mass is 963 g/mol. The zero-order chi connectivity index (χ0) is 20.7. The minimum absolute atomic E-state index is 0.887. The quantitative estimate of drug-likeness (QED) is 0.181. The van der Waals surface area contributed by atoms with Gasteiger partial charge < -0.3 is 0 Å². The van der Waals surface area contributed by atoms with Crippen LogP contribution in [0.2, 0.25) is 0 Å². The smallest absolute Gasteiger partial charge is 0.0466 e. The van der Waals surface area contributed by atoms with Crippen molar-refractivity contribution in [1.82, 2.24) is 0 Å². The molecule has 0 aliphatic carbocycles. The first kappa shape index (κ1) is 25.0. The van der Waals surface area contributed by atoms with Crippen molar-refractivity contribution in [3.8, 4) is 0 Å². The molecule has 0 bridgehead atoms. The van der Waals surface area contributed by atoms with Gasteiger partial charge in [-0.1, -0.05) is 18.2 Å². The third-order valence-corrected chi connectivity index (χ3v) is 17.4. The second kappa shape index (κ2) is 10.6. The predicted octanol–water partition coefficient (Wildman–Crippen LogP) is 10.3. The molecule has 0 fully saturated rings. The number of hydrogen-bond donors (Lipinski definition) is 0. The van der Waals surface area contributed by atoms with Gasteiger partial charge in [-0.05, 0) is 169 Å². The molecule has 0 saturated heterocycles. The topological polar surface area (TPSA) is 0 Å². The summed E-state index contributed by atoms with van der Waals surface area (Å²) >= 11 is 33.3. The summed E-state index contributed by atoms with van der Waals surface area (Å²) in [5.74, 6) is 0. The largest absolute Gasteiger partial charge is 0.0515 e. The lowest BCUT2D eigenvalue weighted by molar-refractivity contribution is 1.55. The average Bonchev–Trinajstić information content (AvgIpc) is 2.67. The van der Waals surface area contributed by atoms with Crippen LogP contribution in [0.3, 0.4) is 0 Å². The number of benzene rings is 3. The summed E-state index contributed by atoms with van der Waals surface area (Å²) < 4.78 is 9.10. The Morgan fingerprint density at radius 2 is 0.607 bits per heavy atom. The Labute approximate surface area is 240 Å². The van der Waals surface area contributed by atoms with Gasteiger partial charge in [0, 0.05) is 56.2 Å².